The summed E-state index contributed by atoms with van der Waals surface area (Å²) in [7, 11) is 0. The second-order valence-electron chi connectivity index (χ2n) is 4.67. The number of aromatic nitrogens is 1. The quantitative estimate of drug-likeness (QED) is 0.813. The maximum atomic E-state index is 8.97. The molecule has 0 amide bonds. The van der Waals surface area contributed by atoms with Gasteiger partial charge in [0.2, 0.25) is 0 Å². The molecule has 0 bridgehead atoms. The largest absolute Gasteiger partial charge is 0.366 e. The highest BCUT2D eigenvalue weighted by atomic mass is 15.1. The molecule has 0 spiro atoms. The first-order chi connectivity index (χ1) is 8.20. The smallest absolute Gasteiger partial charge is 0.130 e. The van der Waals surface area contributed by atoms with Crippen LogP contribution in [0.3, 0.4) is 0 Å². The Morgan fingerprint density at radius 3 is 3.00 bits per heavy atom. The van der Waals surface area contributed by atoms with Gasteiger partial charge in [-0.3, -0.25) is 0 Å². The van der Waals surface area contributed by atoms with Crippen molar-refractivity contribution in [2.75, 3.05) is 11.9 Å². The molecule has 1 aliphatic rings. The molecule has 4 nitrogen and oxygen atoms in total. The zero-order chi connectivity index (χ0) is 12.3. The van der Waals surface area contributed by atoms with Gasteiger partial charge in [-0.15, -0.1) is 0 Å². The first-order valence-electron chi connectivity index (χ1n) is 6.06. The molecule has 17 heavy (non-hydrogen) atoms. The van der Waals surface area contributed by atoms with E-state index in [-0.39, 0.29) is 0 Å². The van der Waals surface area contributed by atoms with Crippen molar-refractivity contribution in [1.29, 1.82) is 5.26 Å². The lowest BCUT2D eigenvalue weighted by molar-refractivity contribution is 0.398. The molecule has 1 aromatic heterocycles. The lowest BCUT2D eigenvalue weighted by atomic mass is 10.0. The van der Waals surface area contributed by atoms with Crippen molar-refractivity contribution in [3.63, 3.8) is 0 Å². The minimum Gasteiger partial charge on any atom is -0.366 e. The molecule has 4 heteroatoms. The summed E-state index contributed by atoms with van der Waals surface area (Å²) < 4.78 is 0. The number of nitrogens with zero attached hydrogens (tertiary/aromatic N) is 2. The Labute approximate surface area is 102 Å². The van der Waals surface area contributed by atoms with Crippen molar-refractivity contribution >= 4 is 5.82 Å². The monoisotopic (exact) mass is 230 g/mol. The summed E-state index contributed by atoms with van der Waals surface area (Å²) in [5.74, 6) is 0.838. The maximum absolute atomic E-state index is 8.97. The summed E-state index contributed by atoms with van der Waals surface area (Å²) in [6, 6.07) is 4.95. The second kappa shape index (κ2) is 5.15. The van der Waals surface area contributed by atoms with Crippen molar-refractivity contribution in [2.45, 2.75) is 38.8 Å². The normalized spacial score (nSPS) is 24.1. The molecule has 2 rings (SSSR count). The van der Waals surface area contributed by atoms with E-state index in [0.29, 0.717) is 17.6 Å². The molecule has 1 aliphatic heterocycles. The summed E-state index contributed by atoms with van der Waals surface area (Å²) >= 11 is 0. The van der Waals surface area contributed by atoms with Crippen LogP contribution in [0.4, 0.5) is 5.82 Å². The molecule has 0 aliphatic carbocycles. The molecule has 90 valence electrons. The number of hydrogen-bond donors (Lipinski definition) is 2. The topological polar surface area (TPSA) is 60.7 Å². The minimum atomic E-state index is 0.409. The molecule has 1 fully saturated rings. The molecule has 0 radical (unpaired) electrons. The van der Waals surface area contributed by atoms with Gasteiger partial charge in [-0.05, 0) is 32.8 Å². The number of rotatable bonds is 2. The van der Waals surface area contributed by atoms with Gasteiger partial charge in [-0.1, -0.05) is 0 Å². The zero-order valence-electron chi connectivity index (χ0n) is 10.3. The van der Waals surface area contributed by atoms with Gasteiger partial charge in [0.25, 0.3) is 0 Å². The highest BCUT2D eigenvalue weighted by Crippen LogP contribution is 2.18. The number of anilines is 1. The Morgan fingerprint density at radius 1 is 1.53 bits per heavy atom. The van der Waals surface area contributed by atoms with Crippen LogP contribution in [0.15, 0.2) is 12.3 Å². The first kappa shape index (κ1) is 11.9. The van der Waals surface area contributed by atoms with Crippen LogP contribution in [-0.4, -0.2) is 23.6 Å². The summed E-state index contributed by atoms with van der Waals surface area (Å²) in [6.45, 7) is 5.10. The van der Waals surface area contributed by atoms with Crippen LogP contribution < -0.4 is 10.6 Å². The number of pyridine rings is 1. The van der Waals surface area contributed by atoms with E-state index in [9.17, 15) is 0 Å². The summed E-state index contributed by atoms with van der Waals surface area (Å²) in [4.78, 5) is 4.31. The van der Waals surface area contributed by atoms with Crippen LogP contribution in [0.2, 0.25) is 0 Å². The highest BCUT2D eigenvalue weighted by molar-refractivity contribution is 5.52. The van der Waals surface area contributed by atoms with Crippen LogP contribution in [0.5, 0.6) is 0 Å². The Balaban J connectivity index is 2.06. The molecule has 1 aromatic rings. The summed E-state index contributed by atoms with van der Waals surface area (Å²) in [5, 5.41) is 15.8. The Hall–Kier alpha value is -1.60. The highest BCUT2D eigenvalue weighted by Gasteiger charge is 2.18. The van der Waals surface area contributed by atoms with Crippen molar-refractivity contribution in [3.05, 3.63) is 23.4 Å². The fourth-order valence-corrected chi connectivity index (χ4v) is 2.12. The SMILES string of the molecule is Cc1c(C#N)ccnc1NC1CCC(C)NC1. The van der Waals surface area contributed by atoms with Gasteiger partial charge in [0.05, 0.1) is 11.6 Å². The predicted octanol–water partition coefficient (Wildman–Crippen LogP) is 1.81. The van der Waals surface area contributed by atoms with Crippen LogP contribution in [0.25, 0.3) is 0 Å². The molecule has 0 saturated carbocycles. The summed E-state index contributed by atoms with van der Waals surface area (Å²) in [5.41, 5.74) is 1.63. The first-order valence-corrected chi connectivity index (χ1v) is 6.06. The fraction of sp³-hybridized carbons (Fsp3) is 0.538. The molecule has 2 N–H and O–H groups in total. The van der Waals surface area contributed by atoms with Gasteiger partial charge >= 0.3 is 0 Å². The van der Waals surface area contributed by atoms with E-state index < -0.39 is 0 Å². The number of hydrogen-bond acceptors (Lipinski definition) is 4. The van der Waals surface area contributed by atoms with E-state index in [1.54, 1.807) is 12.3 Å². The fourth-order valence-electron chi connectivity index (χ4n) is 2.12. The van der Waals surface area contributed by atoms with Gasteiger partial charge in [-0.25, -0.2) is 4.98 Å². The van der Waals surface area contributed by atoms with Gasteiger partial charge in [0.1, 0.15) is 5.82 Å². The Bertz CT molecular complexity index is 428. The van der Waals surface area contributed by atoms with Crippen molar-refractivity contribution in [2.24, 2.45) is 0 Å². The summed E-state index contributed by atoms with van der Waals surface area (Å²) in [6.07, 6.45) is 4.01. The third kappa shape index (κ3) is 2.75. The molecule has 2 heterocycles. The molecule has 1 saturated heterocycles. The number of nitriles is 1. The van der Waals surface area contributed by atoms with E-state index in [0.717, 1.165) is 24.3 Å². The Kier molecular flexibility index (Phi) is 3.60. The van der Waals surface area contributed by atoms with Crippen molar-refractivity contribution in [3.8, 4) is 6.07 Å². The van der Waals surface area contributed by atoms with Crippen LogP contribution in [0.1, 0.15) is 30.9 Å². The van der Waals surface area contributed by atoms with Crippen molar-refractivity contribution < 1.29 is 0 Å². The average molecular weight is 230 g/mol. The third-order valence-electron chi connectivity index (χ3n) is 3.33. The molecular formula is C13H18N4. The third-order valence-corrected chi connectivity index (χ3v) is 3.33. The Morgan fingerprint density at radius 2 is 2.35 bits per heavy atom. The second-order valence-corrected chi connectivity index (χ2v) is 4.67. The van der Waals surface area contributed by atoms with E-state index >= 15 is 0 Å². The van der Waals surface area contributed by atoms with E-state index in [1.165, 1.54) is 6.42 Å². The van der Waals surface area contributed by atoms with Crippen LogP contribution >= 0.6 is 0 Å². The molecule has 2 atom stereocenters. The van der Waals surface area contributed by atoms with Gasteiger partial charge in [0.15, 0.2) is 0 Å². The number of piperidine rings is 1. The molecule has 2 unspecified atom stereocenters. The van der Waals surface area contributed by atoms with Crippen molar-refractivity contribution in [1.82, 2.24) is 10.3 Å². The molecule has 0 aromatic carbocycles. The lowest BCUT2D eigenvalue weighted by Crippen LogP contribution is -2.43. The average Bonchev–Trinajstić information content (AvgIpc) is 2.35. The number of nitrogens with one attached hydrogen (secondary N) is 2. The lowest BCUT2D eigenvalue weighted by Gasteiger charge is -2.29. The molecular weight excluding hydrogens is 212 g/mol. The maximum Gasteiger partial charge on any atom is 0.130 e. The van der Waals surface area contributed by atoms with E-state index in [2.05, 4.69) is 28.6 Å². The van der Waals surface area contributed by atoms with Crippen LogP contribution in [0, 0.1) is 18.3 Å². The predicted molar refractivity (Wildman–Crippen MR) is 67.8 cm³/mol. The van der Waals surface area contributed by atoms with Crippen LogP contribution in [-0.2, 0) is 0 Å². The van der Waals surface area contributed by atoms with E-state index in [1.807, 2.05) is 6.92 Å². The van der Waals surface area contributed by atoms with Gasteiger partial charge in [0, 0.05) is 30.4 Å². The van der Waals surface area contributed by atoms with Gasteiger partial charge in [-0.2, -0.15) is 5.26 Å². The minimum absolute atomic E-state index is 0.409. The standard InChI is InChI=1S/C13H18N4/c1-9-3-4-12(8-16-9)17-13-10(2)11(7-14)5-6-15-13/h5-6,9,12,16H,3-4,8H2,1-2H3,(H,15,17). The van der Waals surface area contributed by atoms with E-state index in [4.69, 9.17) is 5.26 Å². The zero-order valence-corrected chi connectivity index (χ0v) is 10.3. The van der Waals surface area contributed by atoms with Gasteiger partial charge < -0.3 is 10.6 Å².